The molecule has 0 amide bonds. The molecule has 0 bridgehead atoms. The predicted octanol–water partition coefficient (Wildman–Crippen LogP) is 15.7. The lowest BCUT2D eigenvalue weighted by atomic mass is 10.0. The molecule has 0 radical (unpaired) electrons. The van der Waals surface area contributed by atoms with Crippen molar-refractivity contribution in [1.82, 2.24) is 0 Å². The predicted molar refractivity (Wildman–Crippen MR) is 308 cm³/mol. The van der Waals surface area contributed by atoms with E-state index < -0.39 is 97.5 Å². The van der Waals surface area contributed by atoms with Crippen molar-refractivity contribution in [2.75, 3.05) is 39.6 Å². The van der Waals surface area contributed by atoms with Crippen LogP contribution in [0, 0.1) is 11.8 Å². The molecule has 0 aliphatic carbocycles. The van der Waals surface area contributed by atoms with Gasteiger partial charge in [-0.2, -0.15) is 0 Å². The maximum absolute atomic E-state index is 12.9. The highest BCUT2D eigenvalue weighted by Gasteiger charge is 2.30. The Morgan fingerprint density at radius 2 is 0.590 bits per heavy atom. The molecule has 0 aromatic rings. The maximum Gasteiger partial charge on any atom is 0.472 e. The average Bonchev–Trinajstić information content (AvgIpc) is 3.39. The van der Waals surface area contributed by atoms with Crippen LogP contribution in [0.15, 0.2) is 0 Å². The first-order chi connectivity index (χ1) is 37.4. The smallest absolute Gasteiger partial charge is 0.462 e. The highest BCUT2D eigenvalue weighted by molar-refractivity contribution is 7.47. The van der Waals surface area contributed by atoms with Gasteiger partial charge in [-0.1, -0.05) is 234 Å². The summed E-state index contributed by atoms with van der Waals surface area (Å²) in [5.41, 5.74) is 0. The average molecular weight is 1160 g/mol. The van der Waals surface area contributed by atoms with Crippen molar-refractivity contribution in [3.8, 4) is 0 Å². The molecule has 2 unspecified atom stereocenters. The number of ether oxygens (including phenoxy) is 4. The second-order valence-electron chi connectivity index (χ2n) is 22.3. The zero-order valence-corrected chi connectivity index (χ0v) is 51.7. The first-order valence-electron chi connectivity index (χ1n) is 31.0. The van der Waals surface area contributed by atoms with E-state index in [1.54, 1.807) is 0 Å². The Hall–Kier alpha value is -1.94. The monoisotopic (exact) mass is 1160 g/mol. The molecule has 0 rings (SSSR count). The summed E-state index contributed by atoms with van der Waals surface area (Å²) in [4.78, 5) is 71.5. The molecule has 3 N–H and O–H groups in total. The minimum Gasteiger partial charge on any atom is -0.462 e. The van der Waals surface area contributed by atoms with Gasteiger partial charge in [0.2, 0.25) is 0 Å². The molecule has 5 atom stereocenters. The van der Waals surface area contributed by atoms with Gasteiger partial charge in [-0.15, -0.1) is 0 Å². The van der Waals surface area contributed by atoms with E-state index >= 15 is 0 Å². The van der Waals surface area contributed by atoms with Gasteiger partial charge in [-0.05, 0) is 37.5 Å². The van der Waals surface area contributed by atoms with E-state index in [1.807, 2.05) is 0 Å². The largest absolute Gasteiger partial charge is 0.472 e. The number of aliphatic hydroxyl groups is 1. The normalized spacial score (nSPS) is 14.4. The van der Waals surface area contributed by atoms with E-state index in [4.69, 9.17) is 37.0 Å². The molecule has 462 valence electrons. The lowest BCUT2D eigenvalue weighted by Crippen LogP contribution is -2.30. The Morgan fingerprint density at radius 1 is 0.346 bits per heavy atom. The number of phosphoric acid groups is 2. The minimum atomic E-state index is -4.94. The molecule has 19 heteroatoms. The summed E-state index contributed by atoms with van der Waals surface area (Å²) in [5, 5.41) is 10.5. The molecular weight excluding hydrogens is 1040 g/mol. The van der Waals surface area contributed by atoms with E-state index in [0.29, 0.717) is 25.7 Å². The highest BCUT2D eigenvalue weighted by atomic mass is 31.2. The number of hydrogen-bond donors (Lipinski definition) is 3. The molecule has 0 aromatic carbocycles. The molecule has 0 aliphatic heterocycles. The number of rotatable bonds is 58. The Bertz CT molecular complexity index is 1550. The maximum atomic E-state index is 12.9. The summed E-state index contributed by atoms with van der Waals surface area (Å²) in [6.45, 7) is 9.28. The summed E-state index contributed by atoms with van der Waals surface area (Å²) in [6.07, 6.45) is 32.8. The van der Waals surface area contributed by atoms with Crippen molar-refractivity contribution in [2.45, 2.75) is 304 Å². The van der Waals surface area contributed by atoms with E-state index in [0.717, 1.165) is 108 Å². The topological polar surface area (TPSA) is 237 Å². The molecule has 0 aromatic heterocycles. The Morgan fingerprint density at radius 3 is 0.872 bits per heavy atom. The van der Waals surface area contributed by atoms with Crippen LogP contribution >= 0.6 is 15.6 Å². The minimum absolute atomic E-state index is 0.0985. The van der Waals surface area contributed by atoms with Crippen molar-refractivity contribution in [3.63, 3.8) is 0 Å². The van der Waals surface area contributed by atoms with E-state index in [-0.39, 0.29) is 25.7 Å². The van der Waals surface area contributed by atoms with Gasteiger partial charge in [0.15, 0.2) is 12.2 Å². The van der Waals surface area contributed by atoms with E-state index in [1.165, 1.54) is 96.3 Å². The van der Waals surface area contributed by atoms with Gasteiger partial charge in [0, 0.05) is 25.7 Å². The summed E-state index contributed by atoms with van der Waals surface area (Å²) >= 11 is 0. The molecule has 0 saturated carbocycles. The van der Waals surface area contributed by atoms with Crippen LogP contribution in [-0.2, 0) is 65.4 Å². The van der Waals surface area contributed by atoms with Gasteiger partial charge in [-0.25, -0.2) is 9.13 Å². The highest BCUT2D eigenvalue weighted by Crippen LogP contribution is 2.45. The molecule has 0 heterocycles. The van der Waals surface area contributed by atoms with Crippen LogP contribution in [0.4, 0.5) is 0 Å². The second-order valence-corrected chi connectivity index (χ2v) is 25.2. The number of phosphoric ester groups is 2. The van der Waals surface area contributed by atoms with Gasteiger partial charge >= 0.3 is 39.5 Å². The summed E-state index contributed by atoms with van der Waals surface area (Å²) in [5.74, 6) is -0.627. The molecule has 0 spiro atoms. The standard InChI is InChI=1S/C59H114O17P2/c1-7-9-11-27-35-41-56(61)69-47-54(75-58(63)43-37-28-12-10-8-2)49-73-77(65,66)71-45-53(60)46-72-78(67,68)74-50-55(48-70-57(62)42-36-31-25-21-18-17-20-24-30-34-40-52(5)6)76-59(64)44-38-32-26-22-16-14-13-15-19-23-29-33-39-51(3)4/h51-55,60H,7-50H2,1-6H3,(H,65,66)(H,67,68)/t53-,54+,55+/m0/s1. The van der Waals surface area contributed by atoms with Crippen LogP contribution in [-0.4, -0.2) is 96.7 Å². The molecule has 0 aliphatic rings. The van der Waals surface area contributed by atoms with Gasteiger partial charge < -0.3 is 33.8 Å². The molecule has 0 fully saturated rings. The van der Waals surface area contributed by atoms with Gasteiger partial charge in [-0.3, -0.25) is 37.3 Å². The van der Waals surface area contributed by atoms with Gasteiger partial charge in [0.1, 0.15) is 19.3 Å². The van der Waals surface area contributed by atoms with Crippen LogP contribution in [0.5, 0.6) is 0 Å². The summed E-state index contributed by atoms with van der Waals surface area (Å²) in [6, 6.07) is 0. The fourth-order valence-electron chi connectivity index (χ4n) is 8.65. The zero-order valence-electron chi connectivity index (χ0n) is 50.0. The van der Waals surface area contributed by atoms with Crippen LogP contribution in [0.25, 0.3) is 0 Å². The third kappa shape index (κ3) is 53.4. The van der Waals surface area contributed by atoms with Crippen molar-refractivity contribution in [3.05, 3.63) is 0 Å². The van der Waals surface area contributed by atoms with Crippen molar-refractivity contribution in [2.24, 2.45) is 11.8 Å². The zero-order chi connectivity index (χ0) is 58.0. The summed E-state index contributed by atoms with van der Waals surface area (Å²) < 4.78 is 67.4. The molecule has 17 nitrogen and oxygen atoms in total. The number of carbonyl (C=O) groups excluding carboxylic acids is 4. The lowest BCUT2D eigenvalue weighted by Gasteiger charge is -2.21. The van der Waals surface area contributed by atoms with Crippen LogP contribution in [0.2, 0.25) is 0 Å². The van der Waals surface area contributed by atoms with Crippen molar-refractivity contribution >= 4 is 39.5 Å². The first kappa shape index (κ1) is 76.1. The fourth-order valence-corrected chi connectivity index (χ4v) is 10.2. The van der Waals surface area contributed by atoms with Crippen molar-refractivity contribution in [1.29, 1.82) is 0 Å². The van der Waals surface area contributed by atoms with Crippen LogP contribution in [0.3, 0.4) is 0 Å². The Labute approximate surface area is 473 Å². The Kier molecular flexibility index (Phi) is 50.6. The van der Waals surface area contributed by atoms with Crippen LogP contribution < -0.4 is 0 Å². The number of unbranched alkanes of at least 4 members (excludes halogenated alkanes) is 28. The molecular formula is C59H114O17P2. The van der Waals surface area contributed by atoms with Gasteiger partial charge in [0.05, 0.1) is 26.4 Å². The second kappa shape index (κ2) is 51.9. The fraction of sp³-hybridized carbons (Fsp3) is 0.932. The van der Waals surface area contributed by atoms with E-state index in [2.05, 4.69) is 41.5 Å². The number of esters is 4. The number of carbonyl (C=O) groups is 4. The third-order valence-corrected chi connectivity index (χ3v) is 15.4. The van der Waals surface area contributed by atoms with Gasteiger partial charge in [0.25, 0.3) is 0 Å². The number of hydrogen-bond acceptors (Lipinski definition) is 15. The quantitative estimate of drug-likeness (QED) is 0.0222. The Balaban J connectivity index is 5.13. The third-order valence-electron chi connectivity index (χ3n) is 13.5. The SMILES string of the molecule is CCCCCCCC(=O)OC[C@H](COP(=O)(O)OC[C@H](O)COP(=O)(O)OC[C@@H](COC(=O)CCCCCCCCCCCCC(C)C)OC(=O)CCCCCCCCCCCCCCC(C)C)OC(=O)CCCCCCC. The first-order valence-corrected chi connectivity index (χ1v) is 34.0. The van der Waals surface area contributed by atoms with Crippen molar-refractivity contribution < 1.29 is 80.2 Å². The van der Waals surface area contributed by atoms with Crippen LogP contribution in [0.1, 0.15) is 286 Å². The number of aliphatic hydroxyl groups excluding tert-OH is 1. The summed E-state index contributed by atoms with van der Waals surface area (Å²) in [7, 11) is -9.86. The van der Waals surface area contributed by atoms with E-state index in [9.17, 15) is 43.2 Å². The molecule has 78 heavy (non-hydrogen) atoms. The molecule has 0 saturated heterocycles. The lowest BCUT2D eigenvalue weighted by molar-refractivity contribution is -0.161.